The van der Waals surface area contributed by atoms with E-state index in [1.807, 2.05) is 45.0 Å². The fraction of sp³-hybridized carbons (Fsp3) is 0.471. The van der Waals surface area contributed by atoms with E-state index in [0.29, 0.717) is 13.0 Å². The highest BCUT2D eigenvalue weighted by Gasteiger charge is 2.34. The highest BCUT2D eigenvalue weighted by atomic mass is 79.9. The number of ether oxygens (including phenoxy) is 1. The third-order valence-electron chi connectivity index (χ3n) is 3.37. The molecule has 0 aliphatic carbocycles. The van der Waals surface area contributed by atoms with Crippen molar-refractivity contribution in [3.8, 4) is 0 Å². The Labute approximate surface area is 139 Å². The fourth-order valence-electron chi connectivity index (χ4n) is 2.41. The molecule has 1 unspecified atom stereocenters. The molecule has 1 aliphatic heterocycles. The Bertz CT molecular complexity index is 563. The third kappa shape index (κ3) is 4.57. The van der Waals surface area contributed by atoms with Crippen LogP contribution in [0.4, 0.5) is 9.18 Å². The summed E-state index contributed by atoms with van der Waals surface area (Å²) >= 11 is 3.35. The highest BCUT2D eigenvalue weighted by Crippen LogP contribution is 2.28. The van der Waals surface area contributed by atoms with Gasteiger partial charge in [0, 0.05) is 11.0 Å². The summed E-state index contributed by atoms with van der Waals surface area (Å²) in [5, 5.41) is 0. The minimum Gasteiger partial charge on any atom is -0.444 e. The molecule has 1 amide bonds. The third-order valence-corrected chi connectivity index (χ3v) is 3.90. The van der Waals surface area contributed by atoms with Gasteiger partial charge in [0.1, 0.15) is 11.4 Å². The molecular formula is C17H21BrFNO2. The molecule has 1 atom stereocenters. The second-order valence-corrected chi connectivity index (χ2v) is 7.33. The van der Waals surface area contributed by atoms with Crippen LogP contribution in [0, 0.1) is 0 Å². The Balaban J connectivity index is 2.12. The molecule has 120 valence electrons. The zero-order chi connectivity index (χ0) is 16.3. The van der Waals surface area contributed by atoms with Gasteiger partial charge in [0.15, 0.2) is 0 Å². The van der Waals surface area contributed by atoms with Crippen molar-refractivity contribution < 1.29 is 13.9 Å². The Hall–Kier alpha value is -1.36. The molecule has 1 heterocycles. The average Bonchev–Trinajstić information content (AvgIpc) is 2.89. The highest BCUT2D eigenvalue weighted by molar-refractivity contribution is 9.10. The fourth-order valence-corrected chi connectivity index (χ4v) is 2.67. The zero-order valence-electron chi connectivity index (χ0n) is 13.1. The van der Waals surface area contributed by atoms with E-state index in [1.165, 1.54) is 11.0 Å². The molecule has 1 aromatic rings. The molecular weight excluding hydrogens is 349 g/mol. The largest absolute Gasteiger partial charge is 0.444 e. The normalized spacial score (nSPS) is 19.4. The summed E-state index contributed by atoms with van der Waals surface area (Å²) in [4.78, 5) is 13.7. The first-order valence-corrected chi connectivity index (χ1v) is 8.18. The van der Waals surface area contributed by atoms with E-state index in [4.69, 9.17) is 4.74 Å². The van der Waals surface area contributed by atoms with E-state index >= 15 is 0 Å². The van der Waals surface area contributed by atoms with Crippen LogP contribution in [0.5, 0.6) is 0 Å². The van der Waals surface area contributed by atoms with Crippen molar-refractivity contribution >= 4 is 28.1 Å². The Morgan fingerprint density at radius 1 is 1.36 bits per heavy atom. The minimum absolute atomic E-state index is 0.300. The van der Waals surface area contributed by atoms with Crippen molar-refractivity contribution in [1.82, 2.24) is 4.90 Å². The van der Waals surface area contributed by atoms with Crippen molar-refractivity contribution in [3.05, 3.63) is 40.1 Å². The molecule has 1 fully saturated rings. The van der Waals surface area contributed by atoms with E-state index in [2.05, 4.69) is 15.9 Å². The quantitative estimate of drug-likeness (QED) is 0.720. The lowest BCUT2D eigenvalue weighted by Gasteiger charge is -2.28. The number of amides is 1. The standard InChI is InChI=1S/C17H21BrFNO2/c1-17(2,3)22-16(21)20-10-4-5-15(20)14(19)11-12-6-8-13(18)9-7-12/h6-9,11,15H,4-5,10H2,1-3H3/b14-11-. The second-order valence-electron chi connectivity index (χ2n) is 6.41. The predicted octanol–water partition coefficient (Wildman–Crippen LogP) is 5.16. The lowest BCUT2D eigenvalue weighted by molar-refractivity contribution is 0.0237. The number of benzene rings is 1. The summed E-state index contributed by atoms with van der Waals surface area (Å²) in [6.07, 6.45) is 2.44. The summed E-state index contributed by atoms with van der Waals surface area (Å²) in [5.74, 6) is -0.300. The molecule has 2 rings (SSSR count). The number of hydrogen-bond donors (Lipinski definition) is 0. The summed E-state index contributed by atoms with van der Waals surface area (Å²) in [5.41, 5.74) is 0.201. The van der Waals surface area contributed by atoms with Gasteiger partial charge in [-0.15, -0.1) is 0 Å². The Morgan fingerprint density at radius 3 is 2.59 bits per heavy atom. The number of carbonyl (C=O) groups excluding carboxylic acids is 1. The Kier molecular flexibility index (Phi) is 5.27. The monoisotopic (exact) mass is 369 g/mol. The van der Waals surface area contributed by atoms with Crippen LogP contribution in [-0.2, 0) is 4.74 Å². The molecule has 5 heteroatoms. The van der Waals surface area contributed by atoms with E-state index in [9.17, 15) is 9.18 Å². The molecule has 0 spiro atoms. The van der Waals surface area contributed by atoms with Crippen LogP contribution in [0.25, 0.3) is 6.08 Å². The zero-order valence-corrected chi connectivity index (χ0v) is 14.7. The van der Waals surface area contributed by atoms with Gasteiger partial charge >= 0.3 is 6.09 Å². The van der Waals surface area contributed by atoms with Crippen LogP contribution in [0.2, 0.25) is 0 Å². The molecule has 0 bridgehead atoms. The van der Waals surface area contributed by atoms with Crippen molar-refractivity contribution in [1.29, 1.82) is 0 Å². The molecule has 3 nitrogen and oxygen atoms in total. The SMILES string of the molecule is CC(C)(C)OC(=O)N1CCCC1/C(F)=C/c1ccc(Br)cc1. The van der Waals surface area contributed by atoms with Gasteiger partial charge in [0.05, 0.1) is 6.04 Å². The van der Waals surface area contributed by atoms with Crippen LogP contribution in [-0.4, -0.2) is 29.2 Å². The van der Waals surface area contributed by atoms with Gasteiger partial charge in [-0.2, -0.15) is 0 Å². The summed E-state index contributed by atoms with van der Waals surface area (Å²) in [7, 11) is 0. The van der Waals surface area contributed by atoms with Gasteiger partial charge in [-0.05, 0) is 57.4 Å². The van der Waals surface area contributed by atoms with Gasteiger partial charge in [0.2, 0.25) is 0 Å². The molecule has 1 aliphatic rings. The van der Waals surface area contributed by atoms with Crippen LogP contribution < -0.4 is 0 Å². The van der Waals surface area contributed by atoms with Crippen LogP contribution >= 0.6 is 15.9 Å². The smallest absolute Gasteiger partial charge is 0.410 e. The number of rotatable bonds is 2. The first-order chi connectivity index (χ1) is 10.3. The van der Waals surface area contributed by atoms with E-state index < -0.39 is 17.7 Å². The number of halogens is 2. The van der Waals surface area contributed by atoms with Crippen LogP contribution in [0.15, 0.2) is 34.6 Å². The van der Waals surface area contributed by atoms with Crippen molar-refractivity contribution in [2.75, 3.05) is 6.54 Å². The van der Waals surface area contributed by atoms with Crippen LogP contribution in [0.3, 0.4) is 0 Å². The summed E-state index contributed by atoms with van der Waals surface area (Å²) in [6, 6.07) is 6.85. The van der Waals surface area contributed by atoms with Gasteiger partial charge in [-0.25, -0.2) is 9.18 Å². The van der Waals surface area contributed by atoms with E-state index in [1.54, 1.807) is 0 Å². The molecule has 22 heavy (non-hydrogen) atoms. The molecule has 0 N–H and O–H groups in total. The lowest BCUT2D eigenvalue weighted by Crippen LogP contribution is -2.40. The Morgan fingerprint density at radius 2 is 2.00 bits per heavy atom. The van der Waals surface area contributed by atoms with Crippen molar-refractivity contribution in [2.45, 2.75) is 45.3 Å². The van der Waals surface area contributed by atoms with Gasteiger partial charge in [-0.3, -0.25) is 4.90 Å². The number of hydrogen-bond acceptors (Lipinski definition) is 2. The first-order valence-electron chi connectivity index (χ1n) is 7.38. The molecule has 1 saturated heterocycles. The topological polar surface area (TPSA) is 29.5 Å². The number of likely N-dealkylation sites (tertiary alicyclic amines) is 1. The maximum atomic E-state index is 14.5. The van der Waals surface area contributed by atoms with E-state index in [0.717, 1.165) is 16.5 Å². The van der Waals surface area contributed by atoms with Crippen molar-refractivity contribution in [3.63, 3.8) is 0 Å². The summed E-state index contributed by atoms with van der Waals surface area (Å²) < 4.78 is 20.8. The molecule has 0 saturated carbocycles. The average molecular weight is 370 g/mol. The van der Waals surface area contributed by atoms with E-state index in [-0.39, 0.29) is 5.83 Å². The molecule has 0 aromatic heterocycles. The van der Waals surface area contributed by atoms with Gasteiger partial charge < -0.3 is 4.74 Å². The second kappa shape index (κ2) is 6.82. The van der Waals surface area contributed by atoms with Gasteiger partial charge in [0.25, 0.3) is 0 Å². The number of carbonyl (C=O) groups is 1. The predicted molar refractivity (Wildman–Crippen MR) is 89.2 cm³/mol. The van der Waals surface area contributed by atoms with Crippen LogP contribution in [0.1, 0.15) is 39.2 Å². The molecule has 1 aromatic carbocycles. The summed E-state index contributed by atoms with van der Waals surface area (Å²) in [6.45, 7) is 5.96. The molecule has 0 radical (unpaired) electrons. The number of nitrogens with zero attached hydrogens (tertiary/aromatic N) is 1. The minimum atomic E-state index is -0.573. The van der Waals surface area contributed by atoms with Crippen molar-refractivity contribution in [2.24, 2.45) is 0 Å². The maximum Gasteiger partial charge on any atom is 0.410 e. The lowest BCUT2D eigenvalue weighted by atomic mass is 10.1. The first kappa shape index (κ1) is 17.0. The maximum absolute atomic E-state index is 14.5. The van der Waals surface area contributed by atoms with Gasteiger partial charge in [-0.1, -0.05) is 28.1 Å².